The Hall–Kier alpha value is -1.42. The third-order valence-electron chi connectivity index (χ3n) is 2.53. The SMILES string of the molecule is Cc1nccn1-c1cc(C(C)(C)C)nc(Cl)n1. The highest BCUT2D eigenvalue weighted by molar-refractivity contribution is 6.28. The molecule has 17 heavy (non-hydrogen) atoms. The summed E-state index contributed by atoms with van der Waals surface area (Å²) in [6.45, 7) is 8.20. The Morgan fingerprint density at radius 2 is 1.94 bits per heavy atom. The molecule has 0 spiro atoms. The number of rotatable bonds is 1. The zero-order valence-electron chi connectivity index (χ0n) is 10.4. The van der Waals surface area contributed by atoms with E-state index in [1.54, 1.807) is 6.20 Å². The molecule has 0 atom stereocenters. The van der Waals surface area contributed by atoms with E-state index in [0.29, 0.717) is 0 Å². The molecule has 5 heteroatoms. The lowest BCUT2D eigenvalue weighted by Gasteiger charge is -2.18. The van der Waals surface area contributed by atoms with Gasteiger partial charge in [0, 0.05) is 23.9 Å². The maximum absolute atomic E-state index is 5.97. The highest BCUT2D eigenvalue weighted by atomic mass is 35.5. The first-order valence-electron chi connectivity index (χ1n) is 5.43. The van der Waals surface area contributed by atoms with E-state index in [0.717, 1.165) is 17.3 Å². The molecule has 0 aliphatic carbocycles. The molecule has 0 radical (unpaired) electrons. The number of aromatic nitrogens is 4. The second-order valence-electron chi connectivity index (χ2n) is 4.97. The topological polar surface area (TPSA) is 43.6 Å². The van der Waals surface area contributed by atoms with E-state index in [9.17, 15) is 0 Å². The quantitative estimate of drug-likeness (QED) is 0.731. The van der Waals surface area contributed by atoms with Crippen molar-refractivity contribution in [3.05, 3.63) is 35.3 Å². The van der Waals surface area contributed by atoms with Crippen molar-refractivity contribution in [1.82, 2.24) is 19.5 Å². The smallest absolute Gasteiger partial charge is 0.224 e. The highest BCUT2D eigenvalue weighted by Crippen LogP contribution is 2.23. The molecule has 0 aliphatic heterocycles. The van der Waals surface area contributed by atoms with Crippen LogP contribution in [0.25, 0.3) is 5.82 Å². The van der Waals surface area contributed by atoms with Crippen LogP contribution >= 0.6 is 11.6 Å². The molecule has 0 unspecified atom stereocenters. The van der Waals surface area contributed by atoms with Gasteiger partial charge in [0.25, 0.3) is 0 Å². The van der Waals surface area contributed by atoms with E-state index >= 15 is 0 Å². The van der Waals surface area contributed by atoms with E-state index in [4.69, 9.17) is 11.6 Å². The van der Waals surface area contributed by atoms with Crippen LogP contribution in [0, 0.1) is 6.92 Å². The number of imidazole rings is 1. The van der Waals surface area contributed by atoms with Gasteiger partial charge in [-0.2, -0.15) is 4.98 Å². The first-order chi connectivity index (χ1) is 7.88. The summed E-state index contributed by atoms with van der Waals surface area (Å²) in [6, 6.07) is 1.94. The Bertz CT molecular complexity index is 540. The Labute approximate surface area is 106 Å². The van der Waals surface area contributed by atoms with E-state index in [1.807, 2.05) is 23.8 Å². The molecule has 2 heterocycles. The zero-order chi connectivity index (χ0) is 12.6. The third-order valence-corrected chi connectivity index (χ3v) is 2.70. The maximum Gasteiger partial charge on any atom is 0.224 e. The number of nitrogens with zero attached hydrogens (tertiary/aromatic N) is 4. The van der Waals surface area contributed by atoms with Crippen molar-refractivity contribution >= 4 is 11.6 Å². The predicted molar refractivity (Wildman–Crippen MR) is 67.6 cm³/mol. The van der Waals surface area contributed by atoms with Gasteiger partial charge in [-0.25, -0.2) is 9.97 Å². The lowest BCUT2D eigenvalue weighted by molar-refractivity contribution is 0.566. The molecule has 0 aromatic carbocycles. The van der Waals surface area contributed by atoms with E-state index in [1.165, 1.54) is 0 Å². The lowest BCUT2D eigenvalue weighted by atomic mass is 9.92. The molecule has 0 fully saturated rings. The average molecular weight is 251 g/mol. The van der Waals surface area contributed by atoms with Gasteiger partial charge in [0.2, 0.25) is 5.28 Å². The van der Waals surface area contributed by atoms with Gasteiger partial charge in [-0.05, 0) is 18.5 Å². The molecule has 90 valence electrons. The van der Waals surface area contributed by atoms with Gasteiger partial charge < -0.3 is 0 Å². The van der Waals surface area contributed by atoms with Gasteiger partial charge in [-0.3, -0.25) is 4.57 Å². The van der Waals surface area contributed by atoms with Crippen LogP contribution in [0.4, 0.5) is 0 Å². The van der Waals surface area contributed by atoms with Crippen LogP contribution in [-0.4, -0.2) is 19.5 Å². The van der Waals surface area contributed by atoms with Crippen LogP contribution < -0.4 is 0 Å². The minimum Gasteiger partial charge on any atom is -0.288 e. The van der Waals surface area contributed by atoms with Gasteiger partial charge in [-0.1, -0.05) is 20.8 Å². The first-order valence-corrected chi connectivity index (χ1v) is 5.81. The molecule has 0 saturated carbocycles. The summed E-state index contributed by atoms with van der Waals surface area (Å²) in [5.74, 6) is 1.63. The van der Waals surface area contributed by atoms with Gasteiger partial charge in [-0.15, -0.1) is 0 Å². The predicted octanol–water partition coefficient (Wildman–Crippen LogP) is 2.92. The lowest BCUT2D eigenvalue weighted by Crippen LogP contribution is -2.15. The molecule has 0 N–H and O–H groups in total. The minimum absolute atomic E-state index is 0.0597. The van der Waals surface area contributed by atoms with Crippen LogP contribution in [0.15, 0.2) is 18.5 Å². The van der Waals surface area contributed by atoms with Crippen molar-refractivity contribution in [2.24, 2.45) is 0 Å². The molecule has 0 bridgehead atoms. The Morgan fingerprint density at radius 1 is 1.24 bits per heavy atom. The Morgan fingerprint density at radius 3 is 2.47 bits per heavy atom. The standard InChI is InChI=1S/C12H15ClN4/c1-8-14-5-6-17(8)10-7-9(12(2,3)4)15-11(13)16-10/h5-7H,1-4H3. The van der Waals surface area contributed by atoms with Crippen LogP contribution in [0.2, 0.25) is 5.28 Å². The zero-order valence-corrected chi connectivity index (χ0v) is 11.2. The number of aryl methyl sites for hydroxylation is 1. The second-order valence-corrected chi connectivity index (χ2v) is 5.31. The highest BCUT2D eigenvalue weighted by Gasteiger charge is 2.18. The van der Waals surface area contributed by atoms with Crippen molar-refractivity contribution in [2.45, 2.75) is 33.1 Å². The normalized spacial score (nSPS) is 11.8. The summed E-state index contributed by atoms with van der Waals surface area (Å²) in [5, 5.41) is 0.264. The van der Waals surface area contributed by atoms with E-state index in [-0.39, 0.29) is 10.7 Å². The maximum atomic E-state index is 5.97. The van der Waals surface area contributed by atoms with Gasteiger partial charge >= 0.3 is 0 Å². The van der Waals surface area contributed by atoms with Gasteiger partial charge in [0.1, 0.15) is 11.6 Å². The molecule has 4 nitrogen and oxygen atoms in total. The van der Waals surface area contributed by atoms with E-state index < -0.39 is 0 Å². The molecular weight excluding hydrogens is 236 g/mol. The van der Waals surface area contributed by atoms with Crippen molar-refractivity contribution in [2.75, 3.05) is 0 Å². The summed E-state index contributed by atoms with van der Waals surface area (Å²) in [7, 11) is 0. The molecule has 0 saturated heterocycles. The summed E-state index contributed by atoms with van der Waals surface area (Å²) < 4.78 is 1.89. The van der Waals surface area contributed by atoms with Crippen LogP contribution in [-0.2, 0) is 5.41 Å². The molecule has 0 aliphatic rings. The molecule has 2 aromatic heterocycles. The summed E-state index contributed by atoms with van der Waals surface area (Å²) in [5.41, 5.74) is 0.858. The van der Waals surface area contributed by atoms with E-state index in [2.05, 4.69) is 35.7 Å². The number of halogens is 1. The average Bonchev–Trinajstić information content (AvgIpc) is 2.62. The van der Waals surface area contributed by atoms with Gasteiger partial charge in [0.15, 0.2) is 0 Å². The fourth-order valence-corrected chi connectivity index (χ4v) is 1.71. The number of hydrogen-bond acceptors (Lipinski definition) is 3. The summed E-state index contributed by atoms with van der Waals surface area (Å²) >= 11 is 5.97. The van der Waals surface area contributed by atoms with Crippen LogP contribution in [0.5, 0.6) is 0 Å². The Kier molecular flexibility index (Phi) is 2.91. The summed E-state index contributed by atoms with van der Waals surface area (Å²) in [4.78, 5) is 12.7. The second kappa shape index (κ2) is 4.11. The van der Waals surface area contributed by atoms with Crippen molar-refractivity contribution < 1.29 is 0 Å². The van der Waals surface area contributed by atoms with Crippen molar-refractivity contribution in [3.8, 4) is 5.82 Å². The molecule has 0 amide bonds. The van der Waals surface area contributed by atoms with Crippen molar-refractivity contribution in [3.63, 3.8) is 0 Å². The summed E-state index contributed by atoms with van der Waals surface area (Å²) in [6.07, 6.45) is 3.60. The monoisotopic (exact) mass is 250 g/mol. The molecular formula is C12H15ClN4. The van der Waals surface area contributed by atoms with Crippen molar-refractivity contribution in [1.29, 1.82) is 0 Å². The van der Waals surface area contributed by atoms with Gasteiger partial charge in [0.05, 0.1) is 5.69 Å². The van der Waals surface area contributed by atoms with Crippen LogP contribution in [0.3, 0.4) is 0 Å². The third kappa shape index (κ3) is 2.47. The molecule has 2 aromatic rings. The molecule has 2 rings (SSSR count). The first kappa shape index (κ1) is 12.0. The fourth-order valence-electron chi connectivity index (χ4n) is 1.53. The van der Waals surface area contributed by atoms with Crippen LogP contribution in [0.1, 0.15) is 32.3 Å². The fraction of sp³-hybridized carbons (Fsp3) is 0.417. The Balaban J connectivity index is 2.57. The number of hydrogen-bond donors (Lipinski definition) is 0. The minimum atomic E-state index is -0.0597. The largest absolute Gasteiger partial charge is 0.288 e.